The predicted octanol–water partition coefficient (Wildman–Crippen LogP) is 2.72. The number of esters is 1. The van der Waals surface area contributed by atoms with Crippen molar-refractivity contribution in [2.75, 3.05) is 6.61 Å². The fourth-order valence-electron chi connectivity index (χ4n) is 1.58. The molecule has 1 aliphatic carbocycles. The normalized spacial score (nSPS) is 18.5. The first kappa shape index (κ1) is 10.6. The smallest absolute Gasteiger partial charge is 0.309 e. The lowest BCUT2D eigenvalue weighted by Gasteiger charge is -2.19. The number of ether oxygens (including phenoxy) is 1. The highest BCUT2D eigenvalue weighted by Gasteiger charge is 2.22. The van der Waals surface area contributed by atoms with Crippen molar-refractivity contribution in [1.82, 2.24) is 0 Å². The first-order valence-corrected chi connectivity index (χ1v) is 5.34. The third-order valence-electron chi connectivity index (χ3n) is 2.47. The second-order valence-electron chi connectivity index (χ2n) is 3.65. The van der Waals surface area contributed by atoms with Gasteiger partial charge in [-0.05, 0) is 25.7 Å². The molecule has 13 heavy (non-hydrogen) atoms. The van der Waals surface area contributed by atoms with Gasteiger partial charge in [0.25, 0.3) is 0 Å². The minimum atomic E-state index is -0.00634. The standard InChI is InChI=1S/C11H19O2/c1-2-3-9-13-11(12)10-7-5-4-6-8-10/h7,10H,2-6,8-9H2,1H3. The van der Waals surface area contributed by atoms with Gasteiger partial charge in [-0.2, -0.15) is 0 Å². The third-order valence-corrected chi connectivity index (χ3v) is 2.47. The summed E-state index contributed by atoms with van der Waals surface area (Å²) in [6, 6.07) is 0. The number of hydrogen-bond donors (Lipinski definition) is 0. The van der Waals surface area contributed by atoms with Gasteiger partial charge in [-0.25, -0.2) is 0 Å². The second kappa shape index (κ2) is 6.01. The highest BCUT2D eigenvalue weighted by Crippen LogP contribution is 2.23. The maximum absolute atomic E-state index is 11.4. The van der Waals surface area contributed by atoms with Crippen LogP contribution < -0.4 is 0 Å². The van der Waals surface area contributed by atoms with E-state index in [0.29, 0.717) is 6.61 Å². The van der Waals surface area contributed by atoms with E-state index in [1.165, 1.54) is 12.8 Å². The molecule has 0 aliphatic heterocycles. The average Bonchev–Trinajstić information content (AvgIpc) is 2.19. The Labute approximate surface area is 80.7 Å². The van der Waals surface area contributed by atoms with Crippen LogP contribution in [0.4, 0.5) is 0 Å². The van der Waals surface area contributed by atoms with Crippen molar-refractivity contribution >= 4 is 5.97 Å². The molecule has 1 fully saturated rings. The second-order valence-corrected chi connectivity index (χ2v) is 3.65. The van der Waals surface area contributed by atoms with Crippen molar-refractivity contribution in [3.63, 3.8) is 0 Å². The molecule has 0 heterocycles. The molecule has 0 aromatic rings. The maximum Gasteiger partial charge on any atom is 0.309 e. The van der Waals surface area contributed by atoms with E-state index in [0.717, 1.165) is 25.7 Å². The monoisotopic (exact) mass is 183 g/mol. The van der Waals surface area contributed by atoms with E-state index < -0.39 is 0 Å². The summed E-state index contributed by atoms with van der Waals surface area (Å²) in [4.78, 5) is 11.4. The van der Waals surface area contributed by atoms with Gasteiger partial charge in [0.1, 0.15) is 0 Å². The fraction of sp³-hybridized carbons (Fsp3) is 0.818. The van der Waals surface area contributed by atoms with Crippen molar-refractivity contribution < 1.29 is 9.53 Å². The molecule has 0 amide bonds. The molecule has 1 radical (unpaired) electrons. The van der Waals surface area contributed by atoms with Gasteiger partial charge >= 0.3 is 5.97 Å². The van der Waals surface area contributed by atoms with Crippen LogP contribution >= 0.6 is 0 Å². The number of carbonyl (C=O) groups excluding carboxylic acids is 1. The summed E-state index contributed by atoms with van der Waals surface area (Å²) in [5, 5.41) is 0. The van der Waals surface area contributed by atoms with Crippen molar-refractivity contribution in [3.05, 3.63) is 6.42 Å². The number of hydrogen-bond acceptors (Lipinski definition) is 2. The fourth-order valence-corrected chi connectivity index (χ4v) is 1.58. The Morgan fingerprint density at radius 2 is 2.38 bits per heavy atom. The molecule has 0 saturated heterocycles. The molecule has 0 spiro atoms. The van der Waals surface area contributed by atoms with Crippen molar-refractivity contribution in [2.24, 2.45) is 5.92 Å². The van der Waals surface area contributed by atoms with Gasteiger partial charge < -0.3 is 4.74 Å². The zero-order valence-electron chi connectivity index (χ0n) is 8.42. The first-order chi connectivity index (χ1) is 6.34. The molecule has 1 aliphatic rings. The molecule has 1 unspecified atom stereocenters. The summed E-state index contributed by atoms with van der Waals surface area (Å²) >= 11 is 0. The van der Waals surface area contributed by atoms with Crippen molar-refractivity contribution in [3.8, 4) is 0 Å². The van der Waals surface area contributed by atoms with Crippen molar-refractivity contribution in [2.45, 2.75) is 45.4 Å². The van der Waals surface area contributed by atoms with E-state index in [1.807, 2.05) is 0 Å². The Morgan fingerprint density at radius 3 is 3.00 bits per heavy atom. The minimum Gasteiger partial charge on any atom is -0.465 e. The summed E-state index contributed by atoms with van der Waals surface area (Å²) < 4.78 is 5.15. The molecule has 75 valence electrons. The van der Waals surface area contributed by atoms with E-state index in [4.69, 9.17) is 4.74 Å². The molecule has 0 aromatic carbocycles. The third kappa shape index (κ3) is 3.79. The van der Waals surface area contributed by atoms with E-state index >= 15 is 0 Å². The average molecular weight is 183 g/mol. The van der Waals surface area contributed by atoms with Crippen LogP contribution in [0.15, 0.2) is 0 Å². The topological polar surface area (TPSA) is 26.3 Å². The van der Waals surface area contributed by atoms with Crippen LogP contribution in [0.1, 0.15) is 45.4 Å². The Hall–Kier alpha value is -0.530. The number of rotatable bonds is 4. The highest BCUT2D eigenvalue weighted by molar-refractivity contribution is 5.73. The van der Waals surface area contributed by atoms with Crippen LogP contribution in [0.5, 0.6) is 0 Å². The van der Waals surface area contributed by atoms with Crippen LogP contribution in [-0.2, 0) is 9.53 Å². The van der Waals surface area contributed by atoms with Crippen LogP contribution in [0.2, 0.25) is 0 Å². The summed E-state index contributed by atoms with van der Waals surface area (Å²) in [6.45, 7) is 2.69. The van der Waals surface area contributed by atoms with Gasteiger partial charge in [0.2, 0.25) is 0 Å². The summed E-state index contributed by atoms with van der Waals surface area (Å²) in [5.41, 5.74) is 0. The lowest BCUT2D eigenvalue weighted by atomic mass is 9.89. The molecule has 1 atom stereocenters. The molecule has 1 saturated carbocycles. The summed E-state index contributed by atoms with van der Waals surface area (Å²) in [7, 11) is 0. The Kier molecular flexibility index (Phi) is 4.87. The Balaban J connectivity index is 2.13. The summed E-state index contributed by atoms with van der Waals surface area (Å²) in [5.74, 6) is 0.0822. The quantitative estimate of drug-likeness (QED) is 0.495. The maximum atomic E-state index is 11.4. The Morgan fingerprint density at radius 1 is 1.54 bits per heavy atom. The van der Waals surface area contributed by atoms with E-state index in [-0.39, 0.29) is 11.9 Å². The zero-order valence-corrected chi connectivity index (χ0v) is 8.42. The molecule has 2 heteroatoms. The SMILES string of the molecule is CCCCOC(=O)C1[CH]CCCC1. The number of carbonyl (C=O) groups is 1. The molecule has 0 bridgehead atoms. The van der Waals surface area contributed by atoms with Crippen LogP contribution in [-0.4, -0.2) is 12.6 Å². The summed E-state index contributed by atoms with van der Waals surface area (Å²) in [6.07, 6.45) is 8.65. The molecule has 0 N–H and O–H groups in total. The van der Waals surface area contributed by atoms with Crippen molar-refractivity contribution in [1.29, 1.82) is 0 Å². The zero-order chi connectivity index (χ0) is 9.52. The minimum absolute atomic E-state index is 0.00634. The molecule has 2 nitrogen and oxygen atoms in total. The molecule has 1 rings (SSSR count). The molecular weight excluding hydrogens is 164 g/mol. The van der Waals surface area contributed by atoms with Crippen LogP contribution in [0, 0.1) is 12.3 Å². The van der Waals surface area contributed by atoms with Crippen LogP contribution in [0.3, 0.4) is 0 Å². The Bertz CT molecular complexity index is 148. The highest BCUT2D eigenvalue weighted by atomic mass is 16.5. The van der Waals surface area contributed by atoms with Gasteiger partial charge in [0.15, 0.2) is 0 Å². The van der Waals surface area contributed by atoms with Crippen LogP contribution in [0.25, 0.3) is 0 Å². The van der Waals surface area contributed by atoms with Gasteiger partial charge in [-0.15, -0.1) is 0 Å². The van der Waals surface area contributed by atoms with Gasteiger partial charge in [0, 0.05) is 0 Å². The van der Waals surface area contributed by atoms with Gasteiger partial charge in [0.05, 0.1) is 12.5 Å². The van der Waals surface area contributed by atoms with Gasteiger partial charge in [-0.1, -0.05) is 26.2 Å². The molecule has 0 aromatic heterocycles. The lowest BCUT2D eigenvalue weighted by molar-refractivity contribution is -0.148. The number of unbranched alkanes of at least 4 members (excludes halogenated alkanes) is 1. The van der Waals surface area contributed by atoms with E-state index in [2.05, 4.69) is 13.3 Å². The largest absolute Gasteiger partial charge is 0.465 e. The van der Waals surface area contributed by atoms with E-state index in [9.17, 15) is 4.79 Å². The van der Waals surface area contributed by atoms with E-state index in [1.54, 1.807) is 0 Å². The predicted molar refractivity (Wildman–Crippen MR) is 52.1 cm³/mol. The van der Waals surface area contributed by atoms with Gasteiger partial charge in [-0.3, -0.25) is 4.79 Å². The lowest BCUT2D eigenvalue weighted by Crippen LogP contribution is -2.21. The molecular formula is C11H19O2. The first-order valence-electron chi connectivity index (χ1n) is 5.34.